The van der Waals surface area contributed by atoms with E-state index in [-0.39, 0.29) is 11.8 Å². The predicted octanol–water partition coefficient (Wildman–Crippen LogP) is 3.25. The average Bonchev–Trinajstić information content (AvgIpc) is 3.24. The van der Waals surface area contributed by atoms with Crippen molar-refractivity contribution in [2.24, 2.45) is 5.41 Å². The number of carbonyl (C=O) groups is 2. The topological polar surface area (TPSA) is 58.2 Å². The summed E-state index contributed by atoms with van der Waals surface area (Å²) in [5.41, 5.74) is 3.23. The van der Waals surface area contributed by atoms with Crippen LogP contribution in [0.15, 0.2) is 12.1 Å². The second kappa shape index (κ2) is 6.51. The van der Waals surface area contributed by atoms with Crippen molar-refractivity contribution >= 4 is 17.5 Å². The highest BCUT2D eigenvalue weighted by atomic mass is 16.2. The van der Waals surface area contributed by atoms with Crippen LogP contribution in [0.1, 0.15) is 49.3 Å². The summed E-state index contributed by atoms with van der Waals surface area (Å²) in [6.45, 7) is 8.73. The highest BCUT2D eigenvalue weighted by Gasteiger charge is 2.56. The van der Waals surface area contributed by atoms with Gasteiger partial charge in [-0.3, -0.25) is 9.59 Å². The summed E-state index contributed by atoms with van der Waals surface area (Å²) in [7, 11) is 0. The molecule has 1 saturated carbocycles. The van der Waals surface area contributed by atoms with E-state index < -0.39 is 5.41 Å². The van der Waals surface area contributed by atoms with Gasteiger partial charge in [-0.25, -0.2) is 0 Å². The van der Waals surface area contributed by atoms with Gasteiger partial charge in [-0.15, -0.1) is 0 Å². The Labute approximate surface area is 132 Å². The molecule has 0 spiro atoms. The highest BCUT2D eigenvalue weighted by Crippen LogP contribution is 2.47. The smallest absolute Gasteiger partial charge is 0.240 e. The summed E-state index contributed by atoms with van der Waals surface area (Å²) in [4.78, 5) is 24.9. The first-order valence-electron chi connectivity index (χ1n) is 8.08. The van der Waals surface area contributed by atoms with Gasteiger partial charge in [0.2, 0.25) is 11.8 Å². The Balaban J connectivity index is 2.08. The van der Waals surface area contributed by atoms with Crippen LogP contribution in [0.5, 0.6) is 0 Å². The maximum atomic E-state index is 12.6. The number of amides is 2. The molecule has 22 heavy (non-hydrogen) atoms. The molecule has 1 aromatic rings. The monoisotopic (exact) mass is 302 g/mol. The van der Waals surface area contributed by atoms with Crippen LogP contribution in [0, 0.1) is 26.2 Å². The first-order chi connectivity index (χ1) is 10.4. The average molecular weight is 302 g/mol. The van der Waals surface area contributed by atoms with E-state index in [0.717, 1.165) is 29.7 Å². The van der Waals surface area contributed by atoms with Gasteiger partial charge in [-0.2, -0.15) is 0 Å². The van der Waals surface area contributed by atoms with Gasteiger partial charge in [-0.1, -0.05) is 31.0 Å². The van der Waals surface area contributed by atoms with E-state index in [4.69, 9.17) is 0 Å². The van der Waals surface area contributed by atoms with Gasteiger partial charge in [0.05, 0.1) is 0 Å². The van der Waals surface area contributed by atoms with Crippen LogP contribution >= 0.6 is 0 Å². The van der Waals surface area contributed by atoms with Crippen molar-refractivity contribution in [1.82, 2.24) is 5.32 Å². The third-order valence-corrected chi connectivity index (χ3v) is 4.35. The molecule has 0 saturated heterocycles. The minimum atomic E-state index is -0.850. The number of hydrogen-bond donors (Lipinski definition) is 2. The zero-order valence-electron chi connectivity index (χ0n) is 14.0. The quantitative estimate of drug-likeness (QED) is 0.626. The molecule has 1 fully saturated rings. The SMILES string of the molecule is CCCCNC(=O)C1(C(=O)Nc2c(C)cc(C)cc2C)CC1. The van der Waals surface area contributed by atoms with E-state index in [1.165, 1.54) is 5.56 Å². The Morgan fingerprint density at radius 2 is 1.68 bits per heavy atom. The molecule has 120 valence electrons. The summed E-state index contributed by atoms with van der Waals surface area (Å²) in [6.07, 6.45) is 3.25. The lowest BCUT2D eigenvalue weighted by Crippen LogP contribution is -2.40. The lowest BCUT2D eigenvalue weighted by Gasteiger charge is -2.18. The molecule has 4 nitrogen and oxygen atoms in total. The first kappa shape index (κ1) is 16.5. The van der Waals surface area contributed by atoms with Crippen LogP contribution in [0.2, 0.25) is 0 Å². The van der Waals surface area contributed by atoms with Gasteiger partial charge >= 0.3 is 0 Å². The van der Waals surface area contributed by atoms with Gasteiger partial charge < -0.3 is 10.6 Å². The fourth-order valence-electron chi connectivity index (χ4n) is 2.84. The highest BCUT2D eigenvalue weighted by molar-refractivity contribution is 6.13. The van der Waals surface area contributed by atoms with Crippen molar-refractivity contribution in [3.8, 4) is 0 Å². The number of anilines is 1. The van der Waals surface area contributed by atoms with Gasteiger partial charge in [0, 0.05) is 12.2 Å². The third-order valence-electron chi connectivity index (χ3n) is 4.35. The van der Waals surface area contributed by atoms with Crippen LogP contribution < -0.4 is 10.6 Å². The molecule has 1 aromatic carbocycles. The number of nitrogens with one attached hydrogen (secondary N) is 2. The maximum absolute atomic E-state index is 12.6. The Morgan fingerprint density at radius 3 is 2.18 bits per heavy atom. The normalized spacial score (nSPS) is 15.3. The van der Waals surface area contributed by atoms with Crippen LogP contribution in [-0.4, -0.2) is 18.4 Å². The standard InChI is InChI=1S/C18H26N2O2/c1-5-6-9-19-16(21)18(7-8-18)17(22)20-15-13(3)10-12(2)11-14(15)4/h10-11H,5-9H2,1-4H3,(H,19,21)(H,20,22). The minimum absolute atomic E-state index is 0.124. The van der Waals surface area contributed by atoms with Crippen molar-refractivity contribution in [2.45, 2.75) is 53.4 Å². The lowest BCUT2D eigenvalue weighted by molar-refractivity contribution is -0.134. The molecule has 0 radical (unpaired) electrons. The molecule has 0 aromatic heterocycles. The van der Waals surface area contributed by atoms with Gasteiger partial charge in [0.25, 0.3) is 0 Å². The van der Waals surface area contributed by atoms with Gasteiger partial charge in [-0.05, 0) is 51.2 Å². The minimum Gasteiger partial charge on any atom is -0.355 e. The second-order valence-corrected chi connectivity index (χ2v) is 6.42. The van der Waals surface area contributed by atoms with Crippen LogP contribution in [0.3, 0.4) is 0 Å². The van der Waals surface area contributed by atoms with Gasteiger partial charge in [0.1, 0.15) is 5.41 Å². The number of benzene rings is 1. The fraction of sp³-hybridized carbons (Fsp3) is 0.556. The van der Waals surface area contributed by atoms with Gasteiger partial charge in [0.15, 0.2) is 0 Å². The number of hydrogen-bond acceptors (Lipinski definition) is 2. The summed E-state index contributed by atoms with van der Waals surface area (Å²) in [5.74, 6) is -0.294. The van der Waals surface area contributed by atoms with E-state index in [1.807, 2.05) is 32.9 Å². The molecule has 4 heteroatoms. The molecule has 0 bridgehead atoms. The molecule has 1 aliphatic carbocycles. The van der Waals surface area contributed by atoms with Crippen molar-refractivity contribution in [3.63, 3.8) is 0 Å². The van der Waals surface area contributed by atoms with Crippen molar-refractivity contribution in [2.75, 3.05) is 11.9 Å². The van der Waals surface area contributed by atoms with E-state index in [9.17, 15) is 9.59 Å². The molecular formula is C18H26N2O2. The maximum Gasteiger partial charge on any atom is 0.240 e. The van der Waals surface area contributed by atoms with E-state index in [0.29, 0.717) is 19.4 Å². The number of unbranched alkanes of at least 4 members (excludes halogenated alkanes) is 1. The zero-order chi connectivity index (χ0) is 16.3. The molecular weight excluding hydrogens is 276 g/mol. The molecule has 0 aliphatic heterocycles. The Bertz CT molecular complexity index is 566. The summed E-state index contributed by atoms with van der Waals surface area (Å²) in [6, 6.07) is 4.09. The van der Waals surface area contributed by atoms with E-state index in [2.05, 4.69) is 17.6 Å². The molecule has 2 amide bonds. The molecule has 2 N–H and O–H groups in total. The second-order valence-electron chi connectivity index (χ2n) is 6.42. The van der Waals surface area contributed by atoms with Crippen molar-refractivity contribution in [1.29, 1.82) is 0 Å². The molecule has 0 heterocycles. The Morgan fingerprint density at radius 1 is 1.09 bits per heavy atom. The fourth-order valence-corrected chi connectivity index (χ4v) is 2.84. The number of rotatable bonds is 6. The third kappa shape index (κ3) is 3.32. The van der Waals surface area contributed by atoms with Crippen LogP contribution in [0.4, 0.5) is 5.69 Å². The molecule has 0 atom stereocenters. The number of carbonyl (C=O) groups excluding carboxylic acids is 2. The van der Waals surface area contributed by atoms with Crippen molar-refractivity contribution < 1.29 is 9.59 Å². The van der Waals surface area contributed by atoms with Crippen LogP contribution in [-0.2, 0) is 9.59 Å². The predicted molar refractivity (Wildman–Crippen MR) is 88.9 cm³/mol. The first-order valence-corrected chi connectivity index (χ1v) is 8.08. The van der Waals surface area contributed by atoms with Crippen molar-refractivity contribution in [3.05, 3.63) is 28.8 Å². The Kier molecular flexibility index (Phi) is 4.89. The summed E-state index contributed by atoms with van der Waals surface area (Å²) >= 11 is 0. The summed E-state index contributed by atoms with van der Waals surface area (Å²) < 4.78 is 0. The molecule has 2 rings (SSSR count). The molecule has 1 aliphatic rings. The zero-order valence-corrected chi connectivity index (χ0v) is 14.0. The Hall–Kier alpha value is -1.84. The largest absolute Gasteiger partial charge is 0.355 e. The van der Waals surface area contributed by atoms with Crippen LogP contribution in [0.25, 0.3) is 0 Å². The molecule has 0 unspecified atom stereocenters. The number of aryl methyl sites for hydroxylation is 3. The lowest BCUT2D eigenvalue weighted by atomic mass is 10.0. The van der Waals surface area contributed by atoms with E-state index in [1.54, 1.807) is 0 Å². The van der Waals surface area contributed by atoms with E-state index >= 15 is 0 Å². The summed E-state index contributed by atoms with van der Waals surface area (Å²) in [5, 5.41) is 5.87.